The first-order valence-corrected chi connectivity index (χ1v) is 8.43. The highest BCUT2D eigenvalue weighted by atomic mass is 16.5. The van der Waals surface area contributed by atoms with Crippen molar-refractivity contribution in [2.24, 2.45) is 16.7 Å². The van der Waals surface area contributed by atoms with Gasteiger partial charge in [-0.05, 0) is 30.6 Å². The van der Waals surface area contributed by atoms with E-state index in [2.05, 4.69) is 25.7 Å². The third kappa shape index (κ3) is 2.61. The van der Waals surface area contributed by atoms with Gasteiger partial charge in [0.25, 0.3) is 0 Å². The summed E-state index contributed by atoms with van der Waals surface area (Å²) in [7, 11) is 0. The molecule has 4 nitrogen and oxygen atoms in total. The van der Waals surface area contributed by atoms with Gasteiger partial charge >= 0.3 is 5.97 Å². The van der Waals surface area contributed by atoms with Crippen LogP contribution in [0.2, 0.25) is 0 Å². The highest BCUT2D eigenvalue weighted by Gasteiger charge is 2.62. The van der Waals surface area contributed by atoms with E-state index in [1.165, 1.54) is 12.8 Å². The van der Waals surface area contributed by atoms with Crippen LogP contribution in [0.5, 0.6) is 0 Å². The molecule has 0 aromatic rings. The lowest BCUT2D eigenvalue weighted by Crippen LogP contribution is -2.40. The molecule has 2 aliphatic carbocycles. The minimum atomic E-state index is -0.0175. The molecule has 0 amide bonds. The Hall–Kier alpha value is -0.610. The third-order valence-corrected chi connectivity index (χ3v) is 6.72. The number of ether oxygens (including phenoxy) is 2. The van der Waals surface area contributed by atoms with Crippen molar-refractivity contribution in [1.82, 2.24) is 4.90 Å². The van der Waals surface area contributed by atoms with E-state index in [4.69, 9.17) is 9.47 Å². The number of nitrogens with zero attached hydrogens (tertiary/aromatic N) is 1. The zero-order valence-electron chi connectivity index (χ0n) is 13.7. The van der Waals surface area contributed by atoms with Crippen molar-refractivity contribution < 1.29 is 14.3 Å². The van der Waals surface area contributed by atoms with E-state index in [1.54, 1.807) is 0 Å². The van der Waals surface area contributed by atoms with Crippen LogP contribution < -0.4 is 0 Å². The molecule has 0 radical (unpaired) electrons. The summed E-state index contributed by atoms with van der Waals surface area (Å²) in [5, 5.41) is 0. The molecule has 0 unspecified atom stereocenters. The van der Waals surface area contributed by atoms with Crippen molar-refractivity contribution in [3.05, 3.63) is 0 Å². The molecule has 0 aromatic carbocycles. The topological polar surface area (TPSA) is 38.8 Å². The van der Waals surface area contributed by atoms with E-state index in [-0.39, 0.29) is 17.5 Å². The Bertz CT molecular complexity index is 403. The number of fused-ring (bicyclic) bond motifs is 2. The molecular weight excluding hydrogens is 266 g/mol. The lowest BCUT2D eigenvalue weighted by molar-refractivity contribution is -0.157. The molecule has 21 heavy (non-hydrogen) atoms. The number of hydrogen-bond donors (Lipinski definition) is 0. The third-order valence-electron chi connectivity index (χ3n) is 6.72. The summed E-state index contributed by atoms with van der Waals surface area (Å²) in [4.78, 5) is 14.5. The summed E-state index contributed by atoms with van der Waals surface area (Å²) in [6, 6.07) is 0. The van der Waals surface area contributed by atoms with Gasteiger partial charge in [0.1, 0.15) is 6.10 Å². The average Bonchev–Trinajstić information content (AvgIpc) is 2.79. The fourth-order valence-electron chi connectivity index (χ4n) is 4.60. The highest BCUT2D eigenvalue weighted by Crippen LogP contribution is 2.66. The molecule has 2 saturated carbocycles. The number of carbonyl (C=O) groups excluding carboxylic acids is 1. The maximum atomic E-state index is 12.2. The van der Waals surface area contributed by atoms with Gasteiger partial charge in [-0.2, -0.15) is 0 Å². The van der Waals surface area contributed by atoms with Crippen molar-refractivity contribution in [3.63, 3.8) is 0 Å². The zero-order chi connectivity index (χ0) is 15.1. The van der Waals surface area contributed by atoms with E-state index in [1.807, 2.05) is 0 Å². The lowest BCUT2D eigenvalue weighted by Gasteiger charge is -2.38. The summed E-state index contributed by atoms with van der Waals surface area (Å²) in [6.07, 6.45) is 4.20. The van der Waals surface area contributed by atoms with Gasteiger partial charge in [0.2, 0.25) is 0 Å². The molecule has 4 heteroatoms. The largest absolute Gasteiger partial charge is 0.462 e. The van der Waals surface area contributed by atoms with Crippen molar-refractivity contribution in [1.29, 1.82) is 0 Å². The normalized spacial score (nSPS) is 38.6. The summed E-state index contributed by atoms with van der Waals surface area (Å²) < 4.78 is 11.2. The molecule has 120 valence electrons. The van der Waals surface area contributed by atoms with Crippen LogP contribution in [0.15, 0.2) is 0 Å². The molecule has 0 N–H and O–H groups in total. The molecule has 1 heterocycles. The predicted molar refractivity (Wildman–Crippen MR) is 81.0 cm³/mol. The minimum absolute atomic E-state index is 0.0175. The van der Waals surface area contributed by atoms with Crippen LogP contribution in [-0.4, -0.2) is 49.8 Å². The molecule has 0 spiro atoms. The Balaban J connectivity index is 1.49. The number of carbonyl (C=O) groups is 1. The first-order valence-electron chi connectivity index (χ1n) is 8.43. The Labute approximate surface area is 128 Å². The van der Waals surface area contributed by atoms with Gasteiger partial charge in [-0.25, -0.2) is 0 Å². The molecule has 3 aliphatic rings. The van der Waals surface area contributed by atoms with Crippen molar-refractivity contribution >= 4 is 5.97 Å². The number of esters is 1. The standard InChI is InChI=1S/C17H29NO3/c1-16(2)13-4-6-17(16,3)14(12-13)21-15(19)5-7-18-8-10-20-11-9-18/h13-14H,4-12H2,1-3H3/t13-,14-,17+/m1/s1. The Morgan fingerprint density at radius 3 is 2.57 bits per heavy atom. The molecule has 3 atom stereocenters. The Morgan fingerprint density at radius 1 is 1.29 bits per heavy atom. The molecule has 0 aromatic heterocycles. The summed E-state index contributed by atoms with van der Waals surface area (Å²) in [6.45, 7) is 11.3. The quantitative estimate of drug-likeness (QED) is 0.747. The first-order chi connectivity index (χ1) is 9.93. The number of morpholine rings is 1. The summed E-state index contributed by atoms with van der Waals surface area (Å²) in [5.41, 5.74) is 0.481. The molecule has 3 rings (SSSR count). The highest BCUT2D eigenvalue weighted by molar-refractivity contribution is 5.70. The van der Waals surface area contributed by atoms with E-state index >= 15 is 0 Å². The molecule has 1 aliphatic heterocycles. The van der Waals surface area contributed by atoms with Gasteiger partial charge in [0, 0.05) is 25.0 Å². The first kappa shape index (κ1) is 15.3. The van der Waals surface area contributed by atoms with E-state index in [0.717, 1.165) is 45.2 Å². The second-order valence-corrected chi connectivity index (χ2v) is 7.79. The number of rotatable bonds is 4. The Kier molecular flexibility index (Phi) is 4.04. The van der Waals surface area contributed by atoms with Crippen LogP contribution in [0.25, 0.3) is 0 Å². The van der Waals surface area contributed by atoms with E-state index in [0.29, 0.717) is 11.8 Å². The van der Waals surface area contributed by atoms with Crippen LogP contribution in [-0.2, 0) is 14.3 Å². The zero-order valence-corrected chi connectivity index (χ0v) is 13.7. The molecular formula is C17H29NO3. The smallest absolute Gasteiger partial charge is 0.307 e. The van der Waals surface area contributed by atoms with Crippen molar-refractivity contribution in [2.45, 2.75) is 52.6 Å². The Morgan fingerprint density at radius 2 is 2.00 bits per heavy atom. The lowest BCUT2D eigenvalue weighted by atomic mass is 9.70. The maximum absolute atomic E-state index is 12.2. The molecule has 3 fully saturated rings. The molecule has 1 saturated heterocycles. The van der Waals surface area contributed by atoms with Crippen LogP contribution in [0, 0.1) is 16.7 Å². The van der Waals surface area contributed by atoms with Crippen LogP contribution in [0.1, 0.15) is 46.5 Å². The second-order valence-electron chi connectivity index (χ2n) is 7.79. The van der Waals surface area contributed by atoms with Gasteiger partial charge < -0.3 is 9.47 Å². The predicted octanol–water partition coefficient (Wildman–Crippen LogP) is 2.47. The molecule has 2 bridgehead atoms. The van der Waals surface area contributed by atoms with Gasteiger partial charge in [-0.3, -0.25) is 9.69 Å². The fraction of sp³-hybridized carbons (Fsp3) is 0.941. The van der Waals surface area contributed by atoms with Gasteiger partial charge in [-0.15, -0.1) is 0 Å². The van der Waals surface area contributed by atoms with Gasteiger partial charge in [0.05, 0.1) is 19.6 Å². The number of hydrogen-bond acceptors (Lipinski definition) is 4. The SMILES string of the molecule is CC1(C)[C@@H]2CC[C@@]1(C)[C@H](OC(=O)CCN1CCOCC1)C2. The summed E-state index contributed by atoms with van der Waals surface area (Å²) in [5.74, 6) is 0.704. The van der Waals surface area contributed by atoms with Crippen LogP contribution >= 0.6 is 0 Å². The maximum Gasteiger partial charge on any atom is 0.307 e. The second kappa shape index (κ2) is 5.54. The minimum Gasteiger partial charge on any atom is -0.462 e. The van der Waals surface area contributed by atoms with Gasteiger partial charge in [0.15, 0.2) is 0 Å². The van der Waals surface area contributed by atoms with Crippen LogP contribution in [0.3, 0.4) is 0 Å². The average molecular weight is 295 g/mol. The van der Waals surface area contributed by atoms with E-state index in [9.17, 15) is 4.79 Å². The van der Waals surface area contributed by atoms with Gasteiger partial charge in [-0.1, -0.05) is 20.8 Å². The fourth-order valence-corrected chi connectivity index (χ4v) is 4.60. The summed E-state index contributed by atoms with van der Waals surface area (Å²) >= 11 is 0. The van der Waals surface area contributed by atoms with E-state index < -0.39 is 0 Å². The monoisotopic (exact) mass is 295 g/mol. The van der Waals surface area contributed by atoms with Crippen molar-refractivity contribution in [3.8, 4) is 0 Å². The van der Waals surface area contributed by atoms with Crippen molar-refractivity contribution in [2.75, 3.05) is 32.8 Å². The van der Waals surface area contributed by atoms with Crippen LogP contribution in [0.4, 0.5) is 0 Å².